The van der Waals surface area contributed by atoms with Crippen LogP contribution in [0.3, 0.4) is 0 Å². The van der Waals surface area contributed by atoms with E-state index < -0.39 is 0 Å². The Hall–Kier alpha value is -1.39. The first-order valence-corrected chi connectivity index (χ1v) is 9.53. The lowest BCUT2D eigenvalue weighted by Crippen LogP contribution is -2.54. The van der Waals surface area contributed by atoms with Gasteiger partial charge in [0, 0.05) is 38.1 Å². The Labute approximate surface area is 144 Å². The minimum atomic E-state index is -0.387. The van der Waals surface area contributed by atoms with Gasteiger partial charge in [0.1, 0.15) is 0 Å². The highest BCUT2D eigenvalue weighted by atomic mass is 16.3. The average molecular weight is 328 g/mol. The fraction of sp³-hybridized carbons (Fsp3) is 0.650. The molecule has 1 aliphatic heterocycles. The molecule has 0 spiro atoms. The molecule has 1 saturated heterocycles. The Balaban J connectivity index is 1.34. The monoisotopic (exact) mass is 328 g/mol. The summed E-state index contributed by atoms with van der Waals surface area (Å²) in [6.45, 7) is 3.39. The lowest BCUT2D eigenvalue weighted by molar-refractivity contribution is -0.139. The molecule has 2 fully saturated rings. The van der Waals surface area contributed by atoms with E-state index in [1.807, 2.05) is 12.1 Å². The molecule has 1 heterocycles. The number of carbonyl (C=O) groups excluding carboxylic acids is 1. The standard InChI is InChI=1S/C20H28N2O2/c23-19-17-9-5-4-8-16(17)14-18(19)21-10-12-22(13-11-21)20(24)15-6-2-1-3-7-15/h4-5,8-9,15,18-19,23H,1-3,6-7,10-14H2. The summed E-state index contributed by atoms with van der Waals surface area (Å²) in [7, 11) is 0. The minimum absolute atomic E-state index is 0.175. The molecule has 2 atom stereocenters. The van der Waals surface area contributed by atoms with Crippen molar-refractivity contribution in [1.82, 2.24) is 9.80 Å². The fourth-order valence-electron chi connectivity index (χ4n) is 4.76. The molecule has 1 N–H and O–H groups in total. The van der Waals surface area contributed by atoms with Gasteiger partial charge in [-0.15, -0.1) is 0 Å². The molecular formula is C20H28N2O2. The number of rotatable bonds is 2. The van der Waals surface area contributed by atoms with Crippen LogP contribution in [0.2, 0.25) is 0 Å². The number of amides is 1. The Morgan fingerprint density at radius 3 is 2.42 bits per heavy atom. The molecule has 1 amide bonds. The third kappa shape index (κ3) is 2.98. The van der Waals surface area contributed by atoms with Gasteiger partial charge >= 0.3 is 0 Å². The molecule has 4 heteroatoms. The molecular weight excluding hydrogens is 300 g/mol. The van der Waals surface area contributed by atoms with Crippen LogP contribution in [-0.2, 0) is 11.2 Å². The van der Waals surface area contributed by atoms with E-state index in [9.17, 15) is 9.90 Å². The molecule has 3 aliphatic rings. The average Bonchev–Trinajstić information content (AvgIpc) is 2.99. The summed E-state index contributed by atoms with van der Waals surface area (Å²) in [5.74, 6) is 0.649. The van der Waals surface area contributed by atoms with Crippen LogP contribution in [0.25, 0.3) is 0 Å². The maximum absolute atomic E-state index is 12.7. The molecule has 0 aromatic heterocycles. The first-order chi connectivity index (χ1) is 11.7. The summed E-state index contributed by atoms with van der Waals surface area (Å²) >= 11 is 0. The van der Waals surface area contributed by atoms with Crippen LogP contribution in [0.1, 0.15) is 49.3 Å². The highest BCUT2D eigenvalue weighted by Crippen LogP contribution is 2.35. The SMILES string of the molecule is O=C(C1CCCCC1)N1CCN(C2Cc3ccccc3C2O)CC1. The zero-order valence-electron chi connectivity index (χ0n) is 14.4. The van der Waals surface area contributed by atoms with Gasteiger partial charge in [-0.05, 0) is 30.4 Å². The summed E-state index contributed by atoms with van der Waals surface area (Å²) in [6, 6.07) is 8.40. The Morgan fingerprint density at radius 2 is 1.71 bits per heavy atom. The number of hydrogen-bond donors (Lipinski definition) is 1. The van der Waals surface area contributed by atoms with Gasteiger partial charge in [0.05, 0.1) is 6.10 Å². The van der Waals surface area contributed by atoms with E-state index in [2.05, 4.69) is 21.9 Å². The Kier molecular flexibility index (Phi) is 4.59. The summed E-state index contributed by atoms with van der Waals surface area (Å²) in [6.07, 6.45) is 6.41. The van der Waals surface area contributed by atoms with Gasteiger partial charge in [-0.3, -0.25) is 9.69 Å². The van der Waals surface area contributed by atoms with Gasteiger partial charge in [-0.1, -0.05) is 43.5 Å². The molecule has 0 bridgehead atoms. The normalized spacial score (nSPS) is 28.8. The lowest BCUT2D eigenvalue weighted by Gasteiger charge is -2.40. The predicted molar refractivity (Wildman–Crippen MR) is 93.6 cm³/mol. The van der Waals surface area contributed by atoms with Crippen LogP contribution in [0.15, 0.2) is 24.3 Å². The second-order valence-electron chi connectivity index (χ2n) is 7.61. The van der Waals surface area contributed by atoms with E-state index in [-0.39, 0.29) is 18.1 Å². The van der Waals surface area contributed by atoms with Gasteiger partial charge in [-0.25, -0.2) is 0 Å². The van der Waals surface area contributed by atoms with Crippen molar-refractivity contribution in [2.24, 2.45) is 5.92 Å². The molecule has 2 unspecified atom stereocenters. The predicted octanol–water partition coefficient (Wildman–Crippen LogP) is 2.37. The number of fused-ring (bicyclic) bond motifs is 1. The molecule has 1 aromatic carbocycles. The number of aliphatic hydroxyl groups is 1. The maximum Gasteiger partial charge on any atom is 0.225 e. The van der Waals surface area contributed by atoms with Crippen molar-refractivity contribution in [3.05, 3.63) is 35.4 Å². The topological polar surface area (TPSA) is 43.8 Å². The van der Waals surface area contributed by atoms with E-state index in [0.717, 1.165) is 51.0 Å². The number of aliphatic hydroxyl groups excluding tert-OH is 1. The van der Waals surface area contributed by atoms with Crippen LogP contribution < -0.4 is 0 Å². The quantitative estimate of drug-likeness (QED) is 0.906. The van der Waals surface area contributed by atoms with E-state index in [0.29, 0.717) is 5.91 Å². The minimum Gasteiger partial charge on any atom is -0.387 e. The zero-order valence-corrected chi connectivity index (χ0v) is 14.4. The van der Waals surface area contributed by atoms with Crippen LogP contribution in [0, 0.1) is 5.92 Å². The zero-order chi connectivity index (χ0) is 16.5. The van der Waals surface area contributed by atoms with Crippen molar-refractivity contribution in [1.29, 1.82) is 0 Å². The second-order valence-corrected chi connectivity index (χ2v) is 7.61. The number of benzene rings is 1. The van der Waals surface area contributed by atoms with Gasteiger partial charge < -0.3 is 10.0 Å². The van der Waals surface area contributed by atoms with E-state index in [1.165, 1.54) is 24.8 Å². The molecule has 130 valence electrons. The summed E-state index contributed by atoms with van der Waals surface area (Å²) in [5, 5.41) is 10.7. The van der Waals surface area contributed by atoms with Crippen LogP contribution in [-0.4, -0.2) is 53.0 Å². The van der Waals surface area contributed by atoms with Crippen LogP contribution in [0.4, 0.5) is 0 Å². The number of piperazine rings is 1. The third-order valence-electron chi connectivity index (χ3n) is 6.22. The van der Waals surface area contributed by atoms with Crippen molar-refractivity contribution in [2.45, 2.75) is 50.7 Å². The summed E-state index contributed by atoms with van der Waals surface area (Å²) in [5.41, 5.74) is 2.36. The molecule has 0 radical (unpaired) electrons. The highest BCUT2D eigenvalue weighted by molar-refractivity contribution is 5.79. The van der Waals surface area contributed by atoms with Crippen molar-refractivity contribution in [3.8, 4) is 0 Å². The number of carbonyl (C=O) groups is 1. The number of nitrogens with zero attached hydrogens (tertiary/aromatic N) is 2. The van der Waals surface area contributed by atoms with E-state index in [4.69, 9.17) is 0 Å². The van der Waals surface area contributed by atoms with Crippen molar-refractivity contribution < 1.29 is 9.90 Å². The summed E-state index contributed by atoms with van der Waals surface area (Å²) in [4.78, 5) is 17.1. The molecule has 2 aliphatic carbocycles. The first kappa shape index (κ1) is 16.1. The summed E-state index contributed by atoms with van der Waals surface area (Å²) < 4.78 is 0. The maximum atomic E-state index is 12.7. The molecule has 1 aromatic rings. The molecule has 1 saturated carbocycles. The lowest BCUT2D eigenvalue weighted by atomic mass is 9.88. The van der Waals surface area contributed by atoms with Crippen LogP contribution in [0.5, 0.6) is 0 Å². The van der Waals surface area contributed by atoms with Gasteiger partial charge in [-0.2, -0.15) is 0 Å². The molecule has 4 nitrogen and oxygen atoms in total. The van der Waals surface area contributed by atoms with Crippen LogP contribution >= 0.6 is 0 Å². The largest absolute Gasteiger partial charge is 0.387 e. The van der Waals surface area contributed by atoms with Gasteiger partial charge in [0.25, 0.3) is 0 Å². The molecule has 4 rings (SSSR count). The Bertz CT molecular complexity index is 589. The molecule has 24 heavy (non-hydrogen) atoms. The second kappa shape index (κ2) is 6.85. The number of hydrogen-bond acceptors (Lipinski definition) is 3. The van der Waals surface area contributed by atoms with E-state index in [1.54, 1.807) is 0 Å². The fourth-order valence-corrected chi connectivity index (χ4v) is 4.76. The van der Waals surface area contributed by atoms with Gasteiger partial charge in [0.2, 0.25) is 5.91 Å². The van der Waals surface area contributed by atoms with Crippen molar-refractivity contribution in [3.63, 3.8) is 0 Å². The van der Waals surface area contributed by atoms with Crippen molar-refractivity contribution in [2.75, 3.05) is 26.2 Å². The smallest absolute Gasteiger partial charge is 0.225 e. The third-order valence-corrected chi connectivity index (χ3v) is 6.22. The highest BCUT2D eigenvalue weighted by Gasteiger charge is 2.37. The van der Waals surface area contributed by atoms with Gasteiger partial charge in [0.15, 0.2) is 0 Å². The van der Waals surface area contributed by atoms with Crippen molar-refractivity contribution >= 4 is 5.91 Å². The Morgan fingerprint density at radius 1 is 1.00 bits per heavy atom. The van der Waals surface area contributed by atoms with E-state index >= 15 is 0 Å². The first-order valence-electron chi connectivity index (χ1n) is 9.53.